The van der Waals surface area contributed by atoms with Crippen LogP contribution in [0.3, 0.4) is 0 Å². The predicted molar refractivity (Wildman–Crippen MR) is 107 cm³/mol. The van der Waals surface area contributed by atoms with Crippen molar-refractivity contribution in [3.05, 3.63) is 72.2 Å². The monoisotopic (exact) mass is 362 g/mol. The topological polar surface area (TPSA) is 45.5 Å². The van der Waals surface area contributed by atoms with Crippen LogP contribution in [0.5, 0.6) is 0 Å². The zero-order valence-electron chi connectivity index (χ0n) is 15.7. The summed E-state index contributed by atoms with van der Waals surface area (Å²) in [5, 5.41) is 5.61. The Kier molecular flexibility index (Phi) is 5.26. The molecule has 3 aromatic rings. The Morgan fingerprint density at radius 1 is 1.11 bits per heavy atom. The maximum absolute atomic E-state index is 12.4. The molecule has 140 valence electrons. The third-order valence-corrected chi connectivity index (χ3v) is 5.74. The summed E-state index contributed by atoms with van der Waals surface area (Å²) in [6.07, 6.45) is 3.44. The molecule has 1 atom stereocenters. The summed E-state index contributed by atoms with van der Waals surface area (Å²) in [7, 11) is 0. The van der Waals surface area contributed by atoms with Gasteiger partial charge in [0.15, 0.2) is 0 Å². The highest BCUT2D eigenvalue weighted by Gasteiger charge is 2.28. The van der Waals surface area contributed by atoms with Crippen LogP contribution in [0.1, 0.15) is 37.1 Å². The zero-order valence-corrected chi connectivity index (χ0v) is 15.7. The fraction of sp³-hybridized carbons (Fsp3) is 0.348. The molecular weight excluding hydrogens is 336 g/mol. The third-order valence-electron chi connectivity index (χ3n) is 5.74. The van der Waals surface area contributed by atoms with E-state index in [4.69, 9.17) is 4.42 Å². The average molecular weight is 362 g/mol. The standard InChI is InChI=1S/C23H26N2O2/c1-17(21-10-4-7-18-6-2-3-9-22(18)21)25-13-11-19(12-14-25)23(26)24-16-20-8-5-15-27-20/h2-10,15,17,19H,11-14,16H2,1H3,(H,24,26). The Morgan fingerprint density at radius 2 is 1.89 bits per heavy atom. The number of amides is 1. The molecule has 1 fully saturated rings. The molecule has 0 aliphatic carbocycles. The number of nitrogens with one attached hydrogen (secondary N) is 1. The fourth-order valence-electron chi connectivity index (χ4n) is 4.09. The van der Waals surface area contributed by atoms with Crippen molar-refractivity contribution < 1.29 is 9.21 Å². The first kappa shape index (κ1) is 17.8. The molecule has 1 aromatic heterocycles. The summed E-state index contributed by atoms with van der Waals surface area (Å²) >= 11 is 0. The van der Waals surface area contributed by atoms with Crippen LogP contribution in [0.4, 0.5) is 0 Å². The lowest BCUT2D eigenvalue weighted by molar-refractivity contribution is -0.126. The predicted octanol–water partition coefficient (Wildman–Crippen LogP) is 4.52. The van der Waals surface area contributed by atoms with Gasteiger partial charge in [0.2, 0.25) is 5.91 Å². The molecule has 1 aliphatic heterocycles. The van der Waals surface area contributed by atoms with Crippen molar-refractivity contribution in [3.8, 4) is 0 Å². The number of hydrogen-bond donors (Lipinski definition) is 1. The summed E-state index contributed by atoms with van der Waals surface area (Å²) < 4.78 is 5.28. The van der Waals surface area contributed by atoms with Gasteiger partial charge in [0.05, 0.1) is 12.8 Å². The molecule has 4 rings (SSSR count). The smallest absolute Gasteiger partial charge is 0.223 e. The van der Waals surface area contributed by atoms with Crippen molar-refractivity contribution in [2.45, 2.75) is 32.4 Å². The van der Waals surface area contributed by atoms with Gasteiger partial charge in [0.1, 0.15) is 5.76 Å². The number of benzene rings is 2. The van der Waals surface area contributed by atoms with Gasteiger partial charge in [-0.3, -0.25) is 9.69 Å². The van der Waals surface area contributed by atoms with E-state index in [2.05, 4.69) is 59.6 Å². The van der Waals surface area contributed by atoms with E-state index in [1.165, 1.54) is 16.3 Å². The molecular formula is C23H26N2O2. The van der Waals surface area contributed by atoms with Crippen molar-refractivity contribution in [2.75, 3.05) is 13.1 Å². The molecule has 0 bridgehead atoms. The number of carbonyl (C=O) groups excluding carboxylic acids is 1. The van der Waals surface area contributed by atoms with Gasteiger partial charge >= 0.3 is 0 Å². The van der Waals surface area contributed by atoms with Crippen LogP contribution >= 0.6 is 0 Å². The number of carbonyl (C=O) groups is 1. The maximum Gasteiger partial charge on any atom is 0.223 e. The van der Waals surface area contributed by atoms with E-state index in [1.54, 1.807) is 6.26 Å². The number of furan rings is 1. The van der Waals surface area contributed by atoms with Crippen LogP contribution in [0.2, 0.25) is 0 Å². The van der Waals surface area contributed by atoms with Crippen LogP contribution < -0.4 is 5.32 Å². The lowest BCUT2D eigenvalue weighted by Crippen LogP contribution is -2.41. The van der Waals surface area contributed by atoms with Crippen molar-refractivity contribution in [1.82, 2.24) is 10.2 Å². The number of piperidine rings is 1. The van der Waals surface area contributed by atoms with Gasteiger partial charge in [-0.2, -0.15) is 0 Å². The summed E-state index contributed by atoms with van der Waals surface area (Å²) in [5.74, 6) is 1.03. The number of rotatable bonds is 5. The highest BCUT2D eigenvalue weighted by molar-refractivity contribution is 5.86. The Bertz CT molecular complexity index is 890. The molecule has 0 spiro atoms. The highest BCUT2D eigenvalue weighted by Crippen LogP contribution is 2.31. The minimum atomic E-state index is 0.0935. The van der Waals surface area contributed by atoms with Gasteiger partial charge in [-0.05, 0) is 61.3 Å². The average Bonchev–Trinajstić information content (AvgIpc) is 3.25. The molecule has 4 heteroatoms. The first-order valence-electron chi connectivity index (χ1n) is 9.74. The summed E-state index contributed by atoms with van der Waals surface area (Å²) in [6.45, 7) is 4.64. The van der Waals surface area contributed by atoms with Crippen LogP contribution in [0, 0.1) is 5.92 Å². The van der Waals surface area contributed by atoms with Crippen molar-refractivity contribution >= 4 is 16.7 Å². The van der Waals surface area contributed by atoms with Crippen LogP contribution in [0.25, 0.3) is 10.8 Å². The van der Waals surface area contributed by atoms with Crippen LogP contribution in [-0.4, -0.2) is 23.9 Å². The lowest BCUT2D eigenvalue weighted by Gasteiger charge is -2.36. The van der Waals surface area contributed by atoms with Gasteiger partial charge in [0.25, 0.3) is 0 Å². The molecule has 0 saturated carbocycles. The van der Waals surface area contributed by atoms with Gasteiger partial charge in [-0.25, -0.2) is 0 Å². The molecule has 2 heterocycles. The van der Waals surface area contributed by atoms with E-state index in [0.29, 0.717) is 12.6 Å². The Hall–Kier alpha value is -2.59. The van der Waals surface area contributed by atoms with E-state index in [9.17, 15) is 4.79 Å². The number of hydrogen-bond acceptors (Lipinski definition) is 3. The second kappa shape index (κ2) is 7.97. The van der Waals surface area contributed by atoms with Crippen molar-refractivity contribution in [2.24, 2.45) is 5.92 Å². The second-order valence-corrected chi connectivity index (χ2v) is 7.35. The van der Waals surface area contributed by atoms with Gasteiger partial charge < -0.3 is 9.73 Å². The minimum Gasteiger partial charge on any atom is -0.467 e. The molecule has 1 aliphatic rings. The number of nitrogens with zero attached hydrogens (tertiary/aromatic N) is 1. The minimum absolute atomic E-state index is 0.0935. The van der Waals surface area contributed by atoms with E-state index < -0.39 is 0 Å². The van der Waals surface area contributed by atoms with E-state index >= 15 is 0 Å². The molecule has 27 heavy (non-hydrogen) atoms. The number of likely N-dealkylation sites (tertiary alicyclic amines) is 1. The van der Waals surface area contributed by atoms with Crippen LogP contribution in [-0.2, 0) is 11.3 Å². The number of fused-ring (bicyclic) bond motifs is 1. The lowest BCUT2D eigenvalue weighted by atomic mass is 9.92. The SMILES string of the molecule is CC(c1cccc2ccccc12)N1CCC(C(=O)NCc2ccco2)CC1. The van der Waals surface area contributed by atoms with Gasteiger partial charge in [0, 0.05) is 12.0 Å². The van der Waals surface area contributed by atoms with E-state index in [0.717, 1.165) is 31.7 Å². The normalized spacial score (nSPS) is 17.1. The molecule has 4 nitrogen and oxygen atoms in total. The molecule has 2 aromatic carbocycles. The van der Waals surface area contributed by atoms with Crippen molar-refractivity contribution in [3.63, 3.8) is 0 Å². The van der Waals surface area contributed by atoms with Crippen LogP contribution in [0.15, 0.2) is 65.3 Å². The molecule has 1 N–H and O–H groups in total. The van der Waals surface area contributed by atoms with Gasteiger partial charge in [-0.1, -0.05) is 42.5 Å². The zero-order chi connectivity index (χ0) is 18.6. The van der Waals surface area contributed by atoms with E-state index in [-0.39, 0.29) is 11.8 Å². The Balaban J connectivity index is 1.36. The quantitative estimate of drug-likeness (QED) is 0.726. The molecule has 0 radical (unpaired) electrons. The fourth-order valence-corrected chi connectivity index (χ4v) is 4.09. The maximum atomic E-state index is 12.4. The summed E-state index contributed by atoms with van der Waals surface area (Å²) in [5.41, 5.74) is 1.37. The molecule has 1 unspecified atom stereocenters. The second-order valence-electron chi connectivity index (χ2n) is 7.35. The van der Waals surface area contributed by atoms with Gasteiger partial charge in [-0.15, -0.1) is 0 Å². The first-order chi connectivity index (χ1) is 13.2. The first-order valence-corrected chi connectivity index (χ1v) is 9.74. The summed E-state index contributed by atoms with van der Waals surface area (Å²) in [4.78, 5) is 14.9. The molecule has 1 saturated heterocycles. The Labute approximate surface area is 160 Å². The van der Waals surface area contributed by atoms with E-state index in [1.807, 2.05) is 12.1 Å². The molecule has 1 amide bonds. The third kappa shape index (κ3) is 3.91. The summed E-state index contributed by atoms with van der Waals surface area (Å²) in [6, 6.07) is 19.2. The van der Waals surface area contributed by atoms with Crippen molar-refractivity contribution in [1.29, 1.82) is 0 Å². The Morgan fingerprint density at radius 3 is 2.67 bits per heavy atom. The largest absolute Gasteiger partial charge is 0.467 e. The highest BCUT2D eigenvalue weighted by atomic mass is 16.3.